The molecule has 0 atom stereocenters. The van der Waals surface area contributed by atoms with E-state index in [4.69, 9.17) is 6.42 Å². The van der Waals surface area contributed by atoms with E-state index in [1.165, 1.54) is 0 Å². The number of hydrogen-bond donors (Lipinski definition) is 0. The van der Waals surface area contributed by atoms with Crippen molar-refractivity contribution in [2.24, 2.45) is 0 Å². The third kappa shape index (κ3) is 2.96. The summed E-state index contributed by atoms with van der Waals surface area (Å²) in [5.74, 6) is 3.43. The van der Waals surface area contributed by atoms with Gasteiger partial charge in [0.2, 0.25) is 0 Å². The summed E-state index contributed by atoms with van der Waals surface area (Å²) >= 11 is 1.62. The van der Waals surface area contributed by atoms with Crippen LogP contribution in [-0.4, -0.2) is 12.0 Å². The molecule has 0 aromatic heterocycles. The van der Waals surface area contributed by atoms with Gasteiger partial charge in [-0.25, -0.2) is 0 Å². The third-order valence-corrected chi connectivity index (χ3v) is 2.64. The Hall–Kier alpha value is -1.20. The van der Waals surface area contributed by atoms with Crippen molar-refractivity contribution in [2.45, 2.75) is 11.3 Å². The molecule has 1 aromatic rings. The minimum atomic E-state index is 0.734. The summed E-state index contributed by atoms with van der Waals surface area (Å²) in [6.07, 6.45) is 6.74. The van der Waals surface area contributed by atoms with Crippen molar-refractivity contribution in [3.8, 4) is 12.3 Å². The molecule has 0 N–H and O–H groups in total. The predicted molar refractivity (Wildman–Crippen MR) is 56.0 cm³/mol. The van der Waals surface area contributed by atoms with Crippen LogP contribution >= 0.6 is 11.8 Å². The Balaban J connectivity index is 2.65. The minimum Gasteiger partial charge on any atom is -0.298 e. The third-order valence-electron chi connectivity index (χ3n) is 1.55. The van der Waals surface area contributed by atoms with Gasteiger partial charge in [0.15, 0.2) is 6.29 Å². The van der Waals surface area contributed by atoms with Gasteiger partial charge in [-0.2, -0.15) is 0 Å². The molecule has 1 aromatic carbocycles. The van der Waals surface area contributed by atoms with E-state index in [0.717, 1.165) is 28.9 Å². The quantitative estimate of drug-likeness (QED) is 0.314. The lowest BCUT2D eigenvalue weighted by Crippen LogP contribution is -1.85. The Morgan fingerprint density at radius 1 is 1.46 bits per heavy atom. The number of carbonyl (C=O) groups excluding carboxylic acids is 1. The minimum absolute atomic E-state index is 0.734. The fraction of sp³-hybridized carbons (Fsp3) is 0.182. The van der Waals surface area contributed by atoms with Gasteiger partial charge in [0.1, 0.15) is 0 Å². The van der Waals surface area contributed by atoms with Crippen LogP contribution in [0.2, 0.25) is 0 Å². The molecule has 0 amide bonds. The van der Waals surface area contributed by atoms with Gasteiger partial charge in [-0.15, -0.1) is 24.1 Å². The fourth-order valence-corrected chi connectivity index (χ4v) is 1.83. The summed E-state index contributed by atoms with van der Waals surface area (Å²) in [6, 6.07) is 7.52. The highest BCUT2D eigenvalue weighted by Gasteiger charge is 1.99. The van der Waals surface area contributed by atoms with Crippen molar-refractivity contribution in [1.82, 2.24) is 0 Å². The molecular weight excluding hydrogens is 180 g/mol. The maximum absolute atomic E-state index is 10.6. The summed E-state index contributed by atoms with van der Waals surface area (Å²) in [5, 5.41) is 0. The Morgan fingerprint density at radius 3 is 2.92 bits per heavy atom. The molecule has 0 unspecified atom stereocenters. The first-order valence-electron chi connectivity index (χ1n) is 3.99. The first kappa shape index (κ1) is 9.88. The number of terminal acetylenes is 1. The zero-order valence-electron chi connectivity index (χ0n) is 7.19. The predicted octanol–water partition coefficient (Wildman–Crippen LogP) is 2.61. The molecular formula is C11H10OS. The van der Waals surface area contributed by atoms with Gasteiger partial charge in [0.25, 0.3) is 0 Å². The maximum atomic E-state index is 10.6. The number of benzene rings is 1. The monoisotopic (exact) mass is 190 g/mol. The van der Waals surface area contributed by atoms with Crippen LogP contribution in [0, 0.1) is 12.3 Å². The van der Waals surface area contributed by atoms with Crippen LogP contribution in [0.15, 0.2) is 29.2 Å². The average molecular weight is 190 g/mol. The molecule has 0 bridgehead atoms. The van der Waals surface area contributed by atoms with Crippen LogP contribution < -0.4 is 0 Å². The van der Waals surface area contributed by atoms with Crippen molar-refractivity contribution in [1.29, 1.82) is 0 Å². The summed E-state index contributed by atoms with van der Waals surface area (Å²) in [7, 11) is 0. The topological polar surface area (TPSA) is 17.1 Å². The van der Waals surface area contributed by atoms with Crippen molar-refractivity contribution in [3.05, 3.63) is 29.8 Å². The second kappa shape index (κ2) is 5.45. The standard InChI is InChI=1S/C11H10OS/c1-2-3-8-13-11-7-5-4-6-10(11)9-12/h1,4-7,9H,3,8H2. The summed E-state index contributed by atoms with van der Waals surface area (Å²) < 4.78 is 0. The van der Waals surface area contributed by atoms with E-state index in [1.807, 2.05) is 24.3 Å². The lowest BCUT2D eigenvalue weighted by molar-refractivity contribution is 0.112. The number of rotatable bonds is 4. The molecule has 13 heavy (non-hydrogen) atoms. The van der Waals surface area contributed by atoms with Crippen LogP contribution in [-0.2, 0) is 0 Å². The Kier molecular flexibility index (Phi) is 4.14. The van der Waals surface area contributed by atoms with E-state index in [2.05, 4.69) is 5.92 Å². The van der Waals surface area contributed by atoms with Gasteiger partial charge in [0, 0.05) is 22.6 Å². The maximum Gasteiger partial charge on any atom is 0.151 e. The second-order valence-corrected chi connectivity index (χ2v) is 3.60. The van der Waals surface area contributed by atoms with E-state index in [9.17, 15) is 4.79 Å². The number of thioether (sulfide) groups is 1. The van der Waals surface area contributed by atoms with Gasteiger partial charge in [-0.1, -0.05) is 18.2 Å². The van der Waals surface area contributed by atoms with Crippen LogP contribution in [0.4, 0.5) is 0 Å². The van der Waals surface area contributed by atoms with E-state index >= 15 is 0 Å². The number of aldehydes is 1. The van der Waals surface area contributed by atoms with E-state index in [-0.39, 0.29) is 0 Å². The van der Waals surface area contributed by atoms with E-state index in [1.54, 1.807) is 11.8 Å². The van der Waals surface area contributed by atoms with Gasteiger partial charge in [0.05, 0.1) is 0 Å². The number of carbonyl (C=O) groups is 1. The Labute approximate surface area is 82.5 Å². The average Bonchev–Trinajstić information content (AvgIpc) is 2.19. The molecule has 0 aliphatic rings. The van der Waals surface area contributed by atoms with E-state index < -0.39 is 0 Å². The lowest BCUT2D eigenvalue weighted by atomic mass is 10.2. The van der Waals surface area contributed by atoms with Crippen LogP contribution in [0.3, 0.4) is 0 Å². The number of hydrogen-bond acceptors (Lipinski definition) is 2. The molecule has 1 nitrogen and oxygen atoms in total. The first-order valence-corrected chi connectivity index (χ1v) is 4.97. The molecule has 0 aliphatic heterocycles. The second-order valence-electron chi connectivity index (χ2n) is 2.46. The molecule has 0 saturated heterocycles. The zero-order valence-corrected chi connectivity index (χ0v) is 8.01. The SMILES string of the molecule is C#CCCSc1ccccc1C=O. The zero-order chi connectivity index (χ0) is 9.52. The molecule has 0 fully saturated rings. The molecule has 0 saturated carbocycles. The van der Waals surface area contributed by atoms with Crippen LogP contribution in [0.25, 0.3) is 0 Å². The lowest BCUT2D eigenvalue weighted by Gasteiger charge is -2.01. The molecule has 66 valence electrons. The molecule has 0 heterocycles. The Bertz CT molecular complexity index is 325. The summed E-state index contributed by atoms with van der Waals surface area (Å²) in [6.45, 7) is 0. The van der Waals surface area contributed by atoms with Crippen molar-refractivity contribution in [2.75, 3.05) is 5.75 Å². The van der Waals surface area contributed by atoms with Gasteiger partial charge < -0.3 is 0 Å². The molecule has 0 spiro atoms. The summed E-state index contributed by atoms with van der Waals surface area (Å²) in [4.78, 5) is 11.6. The molecule has 0 aliphatic carbocycles. The summed E-state index contributed by atoms with van der Waals surface area (Å²) in [5.41, 5.74) is 0.740. The molecule has 1 rings (SSSR count). The van der Waals surface area contributed by atoms with Crippen LogP contribution in [0.5, 0.6) is 0 Å². The largest absolute Gasteiger partial charge is 0.298 e. The molecule has 0 radical (unpaired) electrons. The smallest absolute Gasteiger partial charge is 0.151 e. The highest BCUT2D eigenvalue weighted by atomic mass is 32.2. The van der Waals surface area contributed by atoms with Gasteiger partial charge >= 0.3 is 0 Å². The van der Waals surface area contributed by atoms with Gasteiger partial charge in [-0.3, -0.25) is 4.79 Å². The van der Waals surface area contributed by atoms with Crippen molar-refractivity contribution in [3.63, 3.8) is 0 Å². The van der Waals surface area contributed by atoms with Crippen LogP contribution in [0.1, 0.15) is 16.8 Å². The fourth-order valence-electron chi connectivity index (χ4n) is 0.929. The van der Waals surface area contributed by atoms with E-state index in [0.29, 0.717) is 0 Å². The highest BCUT2D eigenvalue weighted by molar-refractivity contribution is 7.99. The molecule has 2 heteroatoms. The van der Waals surface area contributed by atoms with Gasteiger partial charge in [-0.05, 0) is 6.07 Å². The highest BCUT2D eigenvalue weighted by Crippen LogP contribution is 2.21. The normalized spacial score (nSPS) is 9.15. The van der Waals surface area contributed by atoms with Crippen molar-refractivity contribution < 1.29 is 4.79 Å². The van der Waals surface area contributed by atoms with Crippen molar-refractivity contribution >= 4 is 18.0 Å². The Morgan fingerprint density at radius 2 is 2.23 bits per heavy atom. The first-order chi connectivity index (χ1) is 6.38.